The molecule has 2 aromatic carbocycles. The lowest BCUT2D eigenvalue weighted by Gasteiger charge is -2.42. The van der Waals surface area contributed by atoms with Crippen molar-refractivity contribution in [3.05, 3.63) is 113 Å². The number of hydrogen-bond donors (Lipinski definition) is 3. The number of aromatic nitrogens is 4. The molecule has 40 heavy (non-hydrogen) atoms. The third-order valence-corrected chi connectivity index (χ3v) is 7.17. The zero-order valence-corrected chi connectivity index (χ0v) is 21.6. The van der Waals surface area contributed by atoms with Crippen molar-refractivity contribution in [2.45, 2.75) is 18.5 Å². The van der Waals surface area contributed by atoms with Crippen molar-refractivity contribution < 1.29 is 13.9 Å². The average molecular weight is 539 g/mol. The maximum Gasteiger partial charge on any atom is 0.294 e. The highest BCUT2D eigenvalue weighted by molar-refractivity contribution is 5.80. The van der Waals surface area contributed by atoms with E-state index in [9.17, 15) is 14.0 Å². The Labute approximate surface area is 229 Å². The van der Waals surface area contributed by atoms with E-state index in [1.165, 1.54) is 10.6 Å². The number of carbonyl (C=O) groups excluding carboxylic acids is 1. The van der Waals surface area contributed by atoms with Crippen LogP contribution in [-0.2, 0) is 28.0 Å². The van der Waals surface area contributed by atoms with E-state index in [-0.39, 0.29) is 37.2 Å². The van der Waals surface area contributed by atoms with E-state index in [1.807, 2.05) is 42.5 Å². The predicted molar refractivity (Wildman–Crippen MR) is 149 cm³/mol. The van der Waals surface area contributed by atoms with Gasteiger partial charge in [-0.05, 0) is 23.8 Å². The monoisotopic (exact) mass is 538 g/mol. The largest absolute Gasteiger partial charge is 0.379 e. The maximum absolute atomic E-state index is 14.6. The Balaban J connectivity index is 1.24. The van der Waals surface area contributed by atoms with Crippen LogP contribution in [0.2, 0.25) is 0 Å². The molecule has 0 atom stereocenters. The minimum absolute atomic E-state index is 0.0817. The highest BCUT2D eigenvalue weighted by Crippen LogP contribution is 2.34. The van der Waals surface area contributed by atoms with Crippen LogP contribution in [0.4, 0.5) is 10.2 Å². The Morgan fingerprint density at radius 2 is 1.88 bits per heavy atom. The Kier molecular flexibility index (Phi) is 6.83. The molecular formula is C30H27FN6O3. The van der Waals surface area contributed by atoms with Gasteiger partial charge in [0.2, 0.25) is 5.91 Å². The van der Waals surface area contributed by atoms with Crippen LogP contribution in [0.5, 0.6) is 0 Å². The smallest absolute Gasteiger partial charge is 0.294 e. The molecule has 3 N–H and O–H groups in total. The summed E-state index contributed by atoms with van der Waals surface area (Å²) >= 11 is 0. The molecule has 0 unspecified atom stereocenters. The number of fused-ring (bicyclic) bond motifs is 1. The maximum atomic E-state index is 14.6. The summed E-state index contributed by atoms with van der Waals surface area (Å²) in [5.74, 6) is -0.568. The molecule has 0 saturated carbocycles. The zero-order chi connectivity index (χ0) is 27.5. The van der Waals surface area contributed by atoms with E-state index in [0.29, 0.717) is 24.5 Å². The Morgan fingerprint density at radius 1 is 1.07 bits per heavy atom. The molecule has 3 aromatic heterocycles. The third kappa shape index (κ3) is 4.96. The summed E-state index contributed by atoms with van der Waals surface area (Å²) < 4.78 is 21.4. The molecule has 1 aliphatic rings. The van der Waals surface area contributed by atoms with Gasteiger partial charge in [0.1, 0.15) is 12.4 Å². The number of nitrogens with one attached hydrogen (secondary N) is 3. The molecule has 9 nitrogen and oxygen atoms in total. The molecule has 0 bridgehead atoms. The van der Waals surface area contributed by atoms with E-state index in [0.717, 1.165) is 22.2 Å². The summed E-state index contributed by atoms with van der Waals surface area (Å²) in [4.78, 5) is 38.5. The van der Waals surface area contributed by atoms with Gasteiger partial charge in [0.15, 0.2) is 5.82 Å². The Bertz CT molecular complexity index is 1700. The number of hydrogen-bond acceptors (Lipinski definition) is 6. The lowest BCUT2D eigenvalue weighted by atomic mass is 9.78. The van der Waals surface area contributed by atoms with Gasteiger partial charge in [0, 0.05) is 41.1 Å². The van der Waals surface area contributed by atoms with Crippen LogP contribution in [0.1, 0.15) is 11.3 Å². The van der Waals surface area contributed by atoms with Gasteiger partial charge in [-0.25, -0.2) is 9.37 Å². The van der Waals surface area contributed by atoms with E-state index in [2.05, 4.69) is 25.6 Å². The van der Waals surface area contributed by atoms with E-state index >= 15 is 0 Å². The molecule has 0 radical (unpaired) electrons. The molecule has 10 heteroatoms. The molecule has 0 spiro atoms. The molecule has 1 amide bonds. The number of amides is 1. The van der Waals surface area contributed by atoms with Crippen LogP contribution in [-0.4, -0.2) is 45.2 Å². The number of H-pyrrole nitrogens is 1. The Morgan fingerprint density at radius 3 is 2.62 bits per heavy atom. The number of rotatable bonds is 9. The van der Waals surface area contributed by atoms with Crippen LogP contribution in [0.15, 0.2) is 90.1 Å². The molecule has 1 aliphatic heterocycles. The number of halogens is 1. The van der Waals surface area contributed by atoms with Crippen molar-refractivity contribution in [1.82, 2.24) is 24.8 Å². The normalized spacial score (nSPS) is 14.0. The summed E-state index contributed by atoms with van der Waals surface area (Å²) in [6.07, 6.45) is 5.02. The molecule has 0 aliphatic carbocycles. The van der Waals surface area contributed by atoms with E-state index in [1.54, 1.807) is 36.8 Å². The predicted octanol–water partition coefficient (Wildman–Crippen LogP) is 3.62. The summed E-state index contributed by atoms with van der Waals surface area (Å²) in [6, 6.07) is 19.7. The molecular weight excluding hydrogens is 511 g/mol. The minimum atomic E-state index is -0.616. The van der Waals surface area contributed by atoms with Gasteiger partial charge < -0.3 is 20.4 Å². The van der Waals surface area contributed by atoms with Crippen LogP contribution in [0.3, 0.4) is 0 Å². The van der Waals surface area contributed by atoms with Gasteiger partial charge in [0.25, 0.3) is 5.56 Å². The van der Waals surface area contributed by atoms with Gasteiger partial charge in [-0.3, -0.25) is 19.1 Å². The summed E-state index contributed by atoms with van der Waals surface area (Å²) in [6.45, 7) is 0.961. The van der Waals surface area contributed by atoms with Crippen molar-refractivity contribution in [2.24, 2.45) is 0 Å². The van der Waals surface area contributed by atoms with E-state index < -0.39 is 11.0 Å². The highest BCUT2D eigenvalue weighted by atomic mass is 19.1. The molecule has 6 rings (SSSR count). The molecule has 202 valence electrons. The fraction of sp³-hybridized carbons (Fsp3) is 0.200. The number of ether oxygens (including phenoxy) is 1. The second-order valence-corrected chi connectivity index (χ2v) is 9.89. The minimum Gasteiger partial charge on any atom is -0.379 e. The Hall–Kier alpha value is -4.83. The van der Waals surface area contributed by atoms with Gasteiger partial charge in [-0.1, -0.05) is 48.5 Å². The lowest BCUT2D eigenvalue weighted by Crippen LogP contribution is -2.52. The molecule has 1 fully saturated rings. The number of anilines is 1. The topological polar surface area (TPSA) is 114 Å². The van der Waals surface area contributed by atoms with Crippen molar-refractivity contribution in [1.29, 1.82) is 0 Å². The molecule has 1 saturated heterocycles. The SMILES string of the molecule is O=C(Cn1c(-c2ccccc2)cnc(NCC2(c3ccccc3F)COC2)c1=O)NCc1cc2cnccc2[nH]1. The fourth-order valence-corrected chi connectivity index (χ4v) is 4.97. The first-order valence-corrected chi connectivity index (χ1v) is 12.9. The first-order chi connectivity index (χ1) is 19.5. The van der Waals surface area contributed by atoms with Crippen LogP contribution >= 0.6 is 0 Å². The number of benzene rings is 2. The standard InChI is InChI=1S/C30H27FN6O3/c31-24-9-5-4-8-23(24)30(18-40-19-30)17-35-28-29(39)37(26(15-34-28)20-6-2-1-3-7-20)16-27(38)33-14-22-12-21-13-32-11-10-25(21)36-22/h1-13,15,36H,14,16-19H2,(H,33,38)(H,34,35). The number of pyridine rings is 1. The zero-order valence-electron chi connectivity index (χ0n) is 21.6. The second-order valence-electron chi connectivity index (χ2n) is 9.89. The van der Waals surface area contributed by atoms with E-state index in [4.69, 9.17) is 4.74 Å². The highest BCUT2D eigenvalue weighted by Gasteiger charge is 2.42. The summed E-state index contributed by atoms with van der Waals surface area (Å²) in [5, 5.41) is 6.95. The number of nitrogens with zero attached hydrogens (tertiary/aromatic N) is 3. The summed E-state index contributed by atoms with van der Waals surface area (Å²) in [5.41, 5.74) is 2.49. The van der Waals surface area contributed by atoms with Crippen LogP contribution in [0, 0.1) is 5.82 Å². The van der Waals surface area contributed by atoms with Gasteiger partial charge >= 0.3 is 0 Å². The fourth-order valence-electron chi connectivity index (χ4n) is 4.97. The number of aromatic amines is 1. The van der Waals surface area contributed by atoms with Gasteiger partial charge in [-0.15, -0.1) is 0 Å². The second kappa shape index (κ2) is 10.7. The van der Waals surface area contributed by atoms with Crippen molar-refractivity contribution in [2.75, 3.05) is 25.1 Å². The van der Waals surface area contributed by atoms with Crippen LogP contribution in [0.25, 0.3) is 22.2 Å². The van der Waals surface area contributed by atoms with Gasteiger partial charge in [0.05, 0.1) is 37.1 Å². The average Bonchev–Trinajstić information content (AvgIpc) is 3.38. The molecule has 5 aromatic rings. The van der Waals surface area contributed by atoms with Crippen molar-refractivity contribution >= 4 is 22.6 Å². The quantitative estimate of drug-likeness (QED) is 0.264. The van der Waals surface area contributed by atoms with Crippen molar-refractivity contribution in [3.63, 3.8) is 0 Å². The molecule has 4 heterocycles. The van der Waals surface area contributed by atoms with Crippen LogP contribution < -0.4 is 16.2 Å². The lowest BCUT2D eigenvalue weighted by molar-refractivity contribution is -0.121. The van der Waals surface area contributed by atoms with Gasteiger partial charge in [-0.2, -0.15) is 0 Å². The van der Waals surface area contributed by atoms with Crippen molar-refractivity contribution in [3.8, 4) is 11.3 Å². The third-order valence-electron chi connectivity index (χ3n) is 7.17. The first kappa shape index (κ1) is 25.4. The number of carbonyl (C=O) groups is 1. The summed E-state index contributed by atoms with van der Waals surface area (Å²) in [7, 11) is 0. The first-order valence-electron chi connectivity index (χ1n) is 12.9.